The SMILES string of the molecule is C.CS(=O)(=O)[O-].c1ccc2c(N3CC[N+]4(CC3)CC3CCCCC3C4)nsc2c1. The lowest BCUT2D eigenvalue weighted by Gasteiger charge is -2.42. The smallest absolute Gasteiger partial charge is 0.150 e. The average Bonchev–Trinajstić information content (AvgIpc) is 3.22. The van der Waals surface area contributed by atoms with Gasteiger partial charge >= 0.3 is 0 Å². The molecule has 3 heterocycles. The summed E-state index contributed by atoms with van der Waals surface area (Å²) in [5, 5.41) is 1.35. The Hall–Kier alpha value is -1.22. The van der Waals surface area contributed by atoms with Gasteiger partial charge in [0.25, 0.3) is 0 Å². The number of aromatic nitrogens is 1. The molecular formula is C21H33N3O3S2. The van der Waals surface area contributed by atoms with E-state index >= 15 is 0 Å². The van der Waals surface area contributed by atoms with Crippen LogP contribution in [0.15, 0.2) is 24.3 Å². The van der Waals surface area contributed by atoms with Gasteiger partial charge in [-0.25, -0.2) is 8.42 Å². The highest BCUT2D eigenvalue weighted by molar-refractivity contribution is 7.84. The van der Waals surface area contributed by atoms with Crippen LogP contribution < -0.4 is 4.90 Å². The molecule has 1 saturated carbocycles. The van der Waals surface area contributed by atoms with Crippen LogP contribution in [0.5, 0.6) is 0 Å². The van der Waals surface area contributed by atoms with E-state index in [9.17, 15) is 0 Å². The number of quaternary nitrogens is 1. The summed E-state index contributed by atoms with van der Waals surface area (Å²) in [4.78, 5) is 2.55. The van der Waals surface area contributed by atoms with Gasteiger partial charge in [-0.15, -0.1) is 0 Å². The summed E-state index contributed by atoms with van der Waals surface area (Å²) in [6.45, 7) is 7.98. The van der Waals surface area contributed by atoms with Gasteiger partial charge in [0, 0.05) is 23.5 Å². The van der Waals surface area contributed by atoms with Crippen molar-refractivity contribution in [1.29, 1.82) is 0 Å². The fourth-order valence-corrected chi connectivity index (χ4v) is 6.20. The number of anilines is 1. The molecule has 0 bridgehead atoms. The first-order chi connectivity index (χ1) is 13.3. The largest absolute Gasteiger partial charge is 0.748 e. The van der Waals surface area contributed by atoms with E-state index in [1.807, 2.05) is 0 Å². The molecule has 0 N–H and O–H groups in total. The predicted octanol–water partition coefficient (Wildman–Crippen LogP) is 3.55. The Labute approximate surface area is 179 Å². The Kier molecular flexibility index (Phi) is 6.88. The summed E-state index contributed by atoms with van der Waals surface area (Å²) in [5.41, 5.74) is 0. The maximum absolute atomic E-state index is 9.08. The van der Waals surface area contributed by atoms with Crippen LogP contribution in [0.2, 0.25) is 0 Å². The molecule has 1 spiro atoms. The number of fused-ring (bicyclic) bond motifs is 2. The first kappa shape index (κ1) is 22.5. The molecule has 8 heteroatoms. The highest BCUT2D eigenvalue weighted by atomic mass is 32.2. The monoisotopic (exact) mass is 439 g/mol. The van der Waals surface area contributed by atoms with Crippen molar-refractivity contribution in [2.24, 2.45) is 11.8 Å². The highest BCUT2D eigenvalue weighted by Crippen LogP contribution is 2.41. The van der Waals surface area contributed by atoms with Gasteiger partial charge in [0.05, 0.1) is 54.1 Å². The minimum Gasteiger partial charge on any atom is -0.748 e. The zero-order valence-corrected chi connectivity index (χ0v) is 18.1. The number of nitrogens with zero attached hydrogens (tertiary/aromatic N) is 3. The molecule has 0 amide bonds. The fourth-order valence-electron chi connectivity index (χ4n) is 5.40. The van der Waals surface area contributed by atoms with Gasteiger partial charge in [0.2, 0.25) is 0 Å². The lowest BCUT2D eigenvalue weighted by molar-refractivity contribution is -0.919. The number of benzene rings is 1. The van der Waals surface area contributed by atoms with Gasteiger partial charge in [0.15, 0.2) is 5.82 Å². The Morgan fingerprint density at radius 3 is 2.24 bits per heavy atom. The normalized spacial score (nSPS) is 25.8. The Balaban J connectivity index is 0.000000362. The van der Waals surface area contributed by atoms with Crippen molar-refractivity contribution in [3.05, 3.63) is 24.3 Å². The number of piperazine rings is 1. The third-order valence-electron chi connectivity index (χ3n) is 6.66. The van der Waals surface area contributed by atoms with Crippen LogP contribution in [0, 0.1) is 11.8 Å². The Morgan fingerprint density at radius 2 is 1.66 bits per heavy atom. The van der Waals surface area contributed by atoms with Crippen LogP contribution in [-0.4, -0.2) is 67.4 Å². The van der Waals surface area contributed by atoms with Gasteiger partial charge in [-0.2, -0.15) is 4.37 Å². The molecule has 3 aliphatic rings. The Bertz CT molecular complexity index is 896. The standard InChI is InChI=1S/C19H26N3S.CH4O3S.CH4/c1-2-6-16-14-22(13-15(16)5-1)11-9-21(10-12-22)19-17-7-3-4-8-18(17)23-20-19;1-5(2,3)4;/h3-4,7-8,15-16H,1-2,5-6,9-14H2;1H3,(H,2,3,4);1H4/q+1;;/p-1. The van der Waals surface area contributed by atoms with Crippen LogP contribution in [0.1, 0.15) is 33.1 Å². The zero-order chi connectivity index (χ0) is 19.8. The van der Waals surface area contributed by atoms with Crippen molar-refractivity contribution in [2.45, 2.75) is 33.1 Å². The molecule has 6 nitrogen and oxygen atoms in total. The van der Waals surface area contributed by atoms with Gasteiger partial charge in [0.1, 0.15) is 0 Å². The third-order valence-corrected chi connectivity index (χ3v) is 7.47. The lowest BCUT2D eigenvalue weighted by Crippen LogP contribution is -2.58. The lowest BCUT2D eigenvalue weighted by atomic mass is 9.82. The summed E-state index contributed by atoms with van der Waals surface area (Å²) >= 11 is 1.65. The van der Waals surface area contributed by atoms with Crippen molar-refractivity contribution in [3.8, 4) is 0 Å². The second-order valence-corrected chi connectivity index (χ2v) is 10.9. The summed E-state index contributed by atoms with van der Waals surface area (Å²) in [5.74, 6) is 3.31. The van der Waals surface area contributed by atoms with Crippen molar-refractivity contribution in [2.75, 3.05) is 50.4 Å². The van der Waals surface area contributed by atoms with Crippen molar-refractivity contribution in [1.82, 2.24) is 4.37 Å². The number of rotatable bonds is 1. The molecule has 2 aliphatic heterocycles. The molecule has 2 unspecified atom stereocenters. The minimum atomic E-state index is -3.92. The van der Waals surface area contributed by atoms with E-state index < -0.39 is 10.1 Å². The first-order valence-electron chi connectivity index (χ1n) is 10.2. The molecular weight excluding hydrogens is 406 g/mol. The maximum Gasteiger partial charge on any atom is 0.150 e. The van der Waals surface area contributed by atoms with Gasteiger partial charge < -0.3 is 13.9 Å². The van der Waals surface area contributed by atoms with Crippen LogP contribution >= 0.6 is 11.5 Å². The molecule has 1 aliphatic carbocycles. The van der Waals surface area contributed by atoms with Crippen molar-refractivity contribution >= 4 is 37.6 Å². The second kappa shape index (κ2) is 8.88. The summed E-state index contributed by atoms with van der Waals surface area (Å²) < 4.78 is 34.7. The van der Waals surface area contributed by atoms with Gasteiger partial charge in [-0.05, 0) is 36.5 Å². The van der Waals surface area contributed by atoms with E-state index in [4.69, 9.17) is 17.3 Å². The third kappa shape index (κ3) is 5.29. The zero-order valence-electron chi connectivity index (χ0n) is 16.4. The summed E-state index contributed by atoms with van der Waals surface area (Å²) in [7, 11) is -3.92. The topological polar surface area (TPSA) is 73.3 Å². The molecule has 2 saturated heterocycles. The van der Waals surface area contributed by atoms with Crippen LogP contribution in [-0.2, 0) is 10.1 Å². The molecule has 29 heavy (non-hydrogen) atoms. The summed E-state index contributed by atoms with van der Waals surface area (Å²) in [6.07, 6.45) is 6.58. The molecule has 5 rings (SSSR count). The van der Waals surface area contributed by atoms with E-state index in [0.29, 0.717) is 6.26 Å². The average molecular weight is 440 g/mol. The second-order valence-electron chi connectivity index (χ2n) is 8.65. The fraction of sp³-hybridized carbons (Fsp3) is 0.667. The molecule has 1 aromatic heterocycles. The molecule has 0 radical (unpaired) electrons. The number of hydrogen-bond donors (Lipinski definition) is 0. The first-order valence-corrected chi connectivity index (χ1v) is 12.8. The molecule has 2 atom stereocenters. The molecule has 2 aromatic rings. The molecule has 1 aromatic carbocycles. The quantitative estimate of drug-likeness (QED) is 0.502. The van der Waals surface area contributed by atoms with E-state index in [1.165, 1.54) is 85.3 Å². The van der Waals surface area contributed by atoms with E-state index in [0.717, 1.165) is 11.8 Å². The highest BCUT2D eigenvalue weighted by Gasteiger charge is 2.47. The van der Waals surface area contributed by atoms with Crippen molar-refractivity contribution in [3.63, 3.8) is 0 Å². The van der Waals surface area contributed by atoms with Crippen LogP contribution in [0.25, 0.3) is 10.1 Å². The van der Waals surface area contributed by atoms with E-state index in [-0.39, 0.29) is 7.43 Å². The maximum atomic E-state index is 9.08. The van der Waals surface area contributed by atoms with Crippen LogP contribution in [0.3, 0.4) is 0 Å². The predicted molar refractivity (Wildman–Crippen MR) is 119 cm³/mol. The minimum absolute atomic E-state index is 0. The van der Waals surface area contributed by atoms with E-state index in [2.05, 4.69) is 29.2 Å². The van der Waals surface area contributed by atoms with E-state index in [1.54, 1.807) is 11.5 Å². The van der Waals surface area contributed by atoms with Crippen LogP contribution in [0.4, 0.5) is 5.82 Å². The Morgan fingerprint density at radius 1 is 1.10 bits per heavy atom. The molecule has 162 valence electrons. The summed E-state index contributed by atoms with van der Waals surface area (Å²) in [6, 6.07) is 8.69. The van der Waals surface area contributed by atoms with Gasteiger partial charge in [-0.3, -0.25) is 0 Å². The number of hydrogen-bond acceptors (Lipinski definition) is 6. The molecule has 3 fully saturated rings. The van der Waals surface area contributed by atoms with Crippen molar-refractivity contribution < 1.29 is 17.5 Å². The van der Waals surface area contributed by atoms with Gasteiger partial charge in [-0.1, -0.05) is 32.4 Å².